The monoisotopic (exact) mass is 569 g/mol. The van der Waals surface area contributed by atoms with E-state index in [1.165, 1.54) is 19.1 Å². The molecule has 1 fully saturated rings. The number of hydrogen-bond donors (Lipinski definition) is 5. The molecular formula is C22H22IN2O8-. The molecule has 1 aromatic rings. The number of rotatable bonds is 2. The summed E-state index contributed by atoms with van der Waals surface area (Å²) in [4.78, 5) is 39.1. The van der Waals surface area contributed by atoms with E-state index in [4.69, 9.17) is 5.73 Å². The minimum absolute atomic E-state index is 0.131. The summed E-state index contributed by atoms with van der Waals surface area (Å²) in [6, 6.07) is 1.56. The quantitative estimate of drug-likeness (QED) is 0.179. The maximum atomic E-state index is 13.7. The highest BCUT2D eigenvalue weighted by Gasteiger charge is 2.64. The number of phenols is 1. The zero-order chi connectivity index (χ0) is 24.8. The fraction of sp³-hybridized carbons (Fsp3) is 0.409. The fourth-order valence-electron chi connectivity index (χ4n) is 5.63. The number of halogens is 1. The summed E-state index contributed by atoms with van der Waals surface area (Å²) >= 11 is 1.90. The van der Waals surface area contributed by atoms with Crippen LogP contribution >= 0.6 is 22.6 Å². The average molecular weight is 569 g/mol. The molecule has 0 saturated heterocycles. The van der Waals surface area contributed by atoms with Crippen LogP contribution in [0.25, 0.3) is 5.76 Å². The summed E-state index contributed by atoms with van der Waals surface area (Å²) in [6.07, 6.45) is -0.263. The van der Waals surface area contributed by atoms with E-state index < -0.39 is 75.0 Å². The standard InChI is InChI=1S/C22H23IN2O8/c1-21(32)7-6-8-15(25(2)3)17(28)13(20(24)31)19(30)22(8,33)18(29)11(7)16(27)12-10(26)5-4-9(23)14(12)21/h4-5,7-8,15,26-27,30,32-33H,6H2,1-3H3,(H2,24,31)/p-1/t7-,8-,15-,21-,22-/m0/s1. The van der Waals surface area contributed by atoms with Gasteiger partial charge in [0.05, 0.1) is 31.2 Å². The number of Topliss-reactive ketones (excluding diaryl/α,β-unsaturated/α-hetero) is 2. The van der Waals surface area contributed by atoms with Gasteiger partial charge in [0.1, 0.15) is 11.4 Å². The molecule has 11 heteroatoms. The predicted octanol–water partition coefficient (Wildman–Crippen LogP) is -3.58. The van der Waals surface area contributed by atoms with Crippen LogP contribution in [0.1, 0.15) is 24.5 Å². The highest BCUT2D eigenvalue weighted by molar-refractivity contribution is 14.1. The summed E-state index contributed by atoms with van der Waals surface area (Å²) in [5, 5.41) is 60.0. The largest absolute Gasteiger partial charge is 0.873 e. The number of benzene rings is 1. The molecule has 6 N–H and O–H groups in total. The van der Waals surface area contributed by atoms with E-state index in [0.29, 0.717) is 8.47 Å². The van der Waals surface area contributed by atoms with Crippen LogP contribution < -0.4 is 20.8 Å². The Bertz CT molecular complexity index is 1200. The molecule has 4 rings (SSSR count). The second kappa shape index (κ2) is 7.26. The summed E-state index contributed by atoms with van der Waals surface area (Å²) in [7, 11) is 3.11. The van der Waals surface area contributed by atoms with Crippen LogP contribution in [0.15, 0.2) is 29.0 Å². The molecule has 176 valence electrons. The third-order valence-corrected chi connectivity index (χ3v) is 8.03. The minimum atomic E-state index is -2.88. The lowest BCUT2D eigenvalue weighted by atomic mass is 9.54. The van der Waals surface area contributed by atoms with Gasteiger partial charge in [-0.3, -0.25) is 14.4 Å². The highest BCUT2D eigenvalue weighted by atomic mass is 127. The summed E-state index contributed by atoms with van der Waals surface area (Å²) < 4.78 is 0.473. The Hall–Kier alpha value is -2.48. The molecule has 0 bridgehead atoms. The van der Waals surface area contributed by atoms with E-state index >= 15 is 0 Å². The van der Waals surface area contributed by atoms with E-state index in [1.54, 1.807) is 14.1 Å². The number of fused-ring (bicyclic) bond motifs is 3. The van der Waals surface area contributed by atoms with Crippen LogP contribution in [-0.4, -0.2) is 58.5 Å². The maximum absolute atomic E-state index is 13.7. The van der Waals surface area contributed by atoms with Gasteiger partial charge in [-0.15, -0.1) is 0 Å². The van der Waals surface area contributed by atoms with Crippen LogP contribution in [0.3, 0.4) is 0 Å². The van der Waals surface area contributed by atoms with E-state index in [9.17, 15) is 39.9 Å². The van der Waals surface area contributed by atoms with Crippen LogP contribution in [0, 0.1) is 15.4 Å². The van der Waals surface area contributed by atoms with E-state index in [0.717, 1.165) is 0 Å². The Kier molecular flexibility index (Phi) is 5.21. The minimum Gasteiger partial charge on any atom is -0.873 e. The Balaban J connectivity index is 2.07. The summed E-state index contributed by atoms with van der Waals surface area (Å²) in [5.74, 6) is -8.87. The average Bonchev–Trinajstić information content (AvgIpc) is 2.69. The molecule has 0 aromatic heterocycles. The molecule has 0 aliphatic heterocycles. The number of nitrogens with two attached hydrogens (primary N) is 1. The number of quaternary nitrogens is 1. The lowest BCUT2D eigenvalue weighted by Gasteiger charge is -2.56. The zero-order valence-corrected chi connectivity index (χ0v) is 20.1. The summed E-state index contributed by atoms with van der Waals surface area (Å²) in [6.45, 7) is 1.38. The van der Waals surface area contributed by atoms with E-state index in [-0.39, 0.29) is 17.5 Å². The number of nitrogens with one attached hydrogen (secondary N) is 1. The van der Waals surface area contributed by atoms with Crippen LogP contribution in [0.2, 0.25) is 0 Å². The number of carbonyl (C=O) groups is 3. The maximum Gasteiger partial charge on any atom is 0.251 e. The molecule has 0 radical (unpaired) electrons. The molecule has 5 atom stereocenters. The first kappa shape index (κ1) is 23.7. The Morgan fingerprint density at radius 3 is 2.39 bits per heavy atom. The van der Waals surface area contributed by atoms with Crippen molar-refractivity contribution in [3.8, 4) is 5.75 Å². The molecule has 1 amide bonds. The second-order valence-electron chi connectivity index (χ2n) is 9.18. The van der Waals surface area contributed by atoms with Crippen molar-refractivity contribution in [2.45, 2.75) is 30.6 Å². The van der Waals surface area contributed by atoms with Gasteiger partial charge in [0.25, 0.3) is 5.91 Å². The fourth-order valence-corrected chi connectivity index (χ4v) is 6.63. The molecular weight excluding hydrogens is 547 g/mol. The first-order valence-corrected chi connectivity index (χ1v) is 11.3. The summed E-state index contributed by atoms with van der Waals surface area (Å²) in [5.41, 5.74) is -1.19. The van der Waals surface area contributed by atoms with Crippen molar-refractivity contribution in [2.75, 3.05) is 14.1 Å². The van der Waals surface area contributed by atoms with Crippen molar-refractivity contribution < 1.29 is 44.8 Å². The van der Waals surface area contributed by atoms with Gasteiger partial charge < -0.3 is 36.2 Å². The van der Waals surface area contributed by atoms with Crippen molar-refractivity contribution in [2.24, 2.45) is 17.6 Å². The van der Waals surface area contributed by atoms with Gasteiger partial charge in [-0.05, 0) is 53.6 Å². The molecule has 1 saturated carbocycles. The van der Waals surface area contributed by atoms with Gasteiger partial charge in [-0.25, -0.2) is 0 Å². The van der Waals surface area contributed by atoms with Crippen LogP contribution in [0.4, 0.5) is 0 Å². The third-order valence-electron chi connectivity index (χ3n) is 7.13. The molecule has 10 nitrogen and oxygen atoms in total. The smallest absolute Gasteiger partial charge is 0.251 e. The first-order chi connectivity index (χ1) is 15.2. The molecule has 3 aliphatic carbocycles. The number of phenolic OH excluding ortho intramolecular Hbond substituents is 1. The van der Waals surface area contributed by atoms with Crippen molar-refractivity contribution in [3.63, 3.8) is 0 Å². The second-order valence-corrected chi connectivity index (χ2v) is 10.3. The van der Waals surface area contributed by atoms with Gasteiger partial charge >= 0.3 is 0 Å². The SMILES string of the molecule is C[NH+](C)[C@@H]1C(=O)C(C(N)=O)=C([O-])[C@@]2(O)C(=O)C3=C([O-])c4c(O)ccc(I)c4[C@@](C)(O)[C@H]3C[C@@H]12. The predicted molar refractivity (Wildman–Crippen MR) is 117 cm³/mol. The van der Waals surface area contributed by atoms with Gasteiger partial charge in [-0.1, -0.05) is 11.5 Å². The molecule has 3 aliphatic rings. The lowest BCUT2D eigenvalue weighted by molar-refractivity contribution is -0.881. The number of aromatic hydroxyl groups is 1. The van der Waals surface area contributed by atoms with Crippen molar-refractivity contribution in [1.82, 2.24) is 0 Å². The lowest BCUT2D eigenvalue weighted by Crippen LogP contribution is -3.13. The molecule has 0 spiro atoms. The normalized spacial score (nSPS) is 33.7. The Labute approximate surface area is 202 Å². The van der Waals surface area contributed by atoms with Crippen molar-refractivity contribution in [3.05, 3.63) is 43.7 Å². The number of hydrogen-bond acceptors (Lipinski definition) is 8. The van der Waals surface area contributed by atoms with Gasteiger partial charge in [0.15, 0.2) is 11.8 Å². The number of aliphatic hydroxyl groups is 2. The van der Waals surface area contributed by atoms with Crippen molar-refractivity contribution >= 4 is 45.8 Å². The molecule has 1 aromatic carbocycles. The third kappa shape index (κ3) is 2.85. The number of likely N-dealkylation sites (N-methyl/N-ethyl adjacent to an activating group) is 1. The van der Waals surface area contributed by atoms with Gasteiger partial charge in [-0.2, -0.15) is 0 Å². The van der Waals surface area contributed by atoms with Crippen LogP contribution in [0.5, 0.6) is 5.75 Å². The highest BCUT2D eigenvalue weighted by Crippen LogP contribution is 2.56. The van der Waals surface area contributed by atoms with Gasteiger partial charge in [0, 0.05) is 20.6 Å². The number of ketones is 2. The Morgan fingerprint density at radius 2 is 1.85 bits per heavy atom. The molecule has 0 heterocycles. The van der Waals surface area contributed by atoms with E-state index in [1.807, 2.05) is 22.6 Å². The van der Waals surface area contributed by atoms with Gasteiger partial charge in [0.2, 0.25) is 5.78 Å². The number of carbonyl (C=O) groups excluding carboxylic acids is 3. The van der Waals surface area contributed by atoms with Crippen LogP contribution in [-0.2, 0) is 20.0 Å². The number of amides is 1. The topological polar surface area (TPSA) is 188 Å². The molecule has 0 unspecified atom stereocenters. The number of primary amides is 1. The molecule has 33 heavy (non-hydrogen) atoms. The van der Waals surface area contributed by atoms with E-state index in [2.05, 4.69) is 0 Å². The zero-order valence-electron chi connectivity index (χ0n) is 17.9. The Morgan fingerprint density at radius 1 is 1.24 bits per heavy atom. The first-order valence-electron chi connectivity index (χ1n) is 10.2. The van der Waals surface area contributed by atoms with Crippen molar-refractivity contribution in [1.29, 1.82) is 0 Å².